The standard InChI is InChI=1S/C13H11BrFNO/c1-9-7-11(15)12(13(14)16-9)17-8-10-5-3-2-4-6-10/h2-7H,8H2,1H3. The van der Waals surface area contributed by atoms with Gasteiger partial charge in [0.2, 0.25) is 0 Å². The summed E-state index contributed by atoms with van der Waals surface area (Å²) >= 11 is 3.20. The molecular formula is C13H11BrFNO. The number of hydrogen-bond donors (Lipinski definition) is 0. The molecule has 88 valence electrons. The summed E-state index contributed by atoms with van der Waals surface area (Å²) in [5, 5.41) is 0. The van der Waals surface area contributed by atoms with E-state index in [1.165, 1.54) is 6.07 Å². The van der Waals surface area contributed by atoms with Gasteiger partial charge in [-0.25, -0.2) is 9.37 Å². The highest BCUT2D eigenvalue weighted by molar-refractivity contribution is 9.10. The third kappa shape index (κ3) is 3.03. The quantitative estimate of drug-likeness (QED) is 0.802. The molecule has 0 aliphatic carbocycles. The Hall–Kier alpha value is -1.42. The van der Waals surface area contributed by atoms with Crippen LogP contribution in [0.15, 0.2) is 41.0 Å². The Morgan fingerprint density at radius 3 is 2.65 bits per heavy atom. The molecule has 1 heterocycles. The van der Waals surface area contributed by atoms with Gasteiger partial charge in [0.1, 0.15) is 6.61 Å². The average Bonchev–Trinajstić information content (AvgIpc) is 2.29. The Kier molecular flexibility index (Phi) is 3.74. The summed E-state index contributed by atoms with van der Waals surface area (Å²) in [6.45, 7) is 2.05. The number of rotatable bonds is 3. The first-order valence-corrected chi connectivity index (χ1v) is 5.95. The van der Waals surface area contributed by atoms with E-state index >= 15 is 0 Å². The van der Waals surface area contributed by atoms with E-state index in [9.17, 15) is 4.39 Å². The molecule has 2 nitrogen and oxygen atoms in total. The molecule has 0 amide bonds. The fraction of sp³-hybridized carbons (Fsp3) is 0.154. The van der Waals surface area contributed by atoms with Gasteiger partial charge >= 0.3 is 0 Å². The average molecular weight is 296 g/mol. The van der Waals surface area contributed by atoms with E-state index < -0.39 is 5.82 Å². The Balaban J connectivity index is 2.15. The molecule has 0 saturated carbocycles. The van der Waals surface area contributed by atoms with Crippen molar-refractivity contribution < 1.29 is 9.13 Å². The summed E-state index contributed by atoms with van der Waals surface area (Å²) < 4.78 is 19.4. The normalized spacial score (nSPS) is 10.3. The van der Waals surface area contributed by atoms with Gasteiger partial charge < -0.3 is 4.74 Å². The highest BCUT2D eigenvalue weighted by Crippen LogP contribution is 2.27. The number of benzene rings is 1. The van der Waals surface area contributed by atoms with Crippen molar-refractivity contribution in [2.45, 2.75) is 13.5 Å². The lowest BCUT2D eigenvalue weighted by Crippen LogP contribution is -2.00. The lowest BCUT2D eigenvalue weighted by atomic mass is 10.2. The number of hydrogen-bond acceptors (Lipinski definition) is 2. The van der Waals surface area contributed by atoms with E-state index in [1.807, 2.05) is 30.3 Å². The van der Waals surface area contributed by atoms with Crippen LogP contribution in [0.4, 0.5) is 4.39 Å². The van der Waals surface area contributed by atoms with Crippen molar-refractivity contribution in [1.82, 2.24) is 4.98 Å². The number of aryl methyl sites for hydroxylation is 1. The van der Waals surface area contributed by atoms with Crippen molar-refractivity contribution in [2.24, 2.45) is 0 Å². The topological polar surface area (TPSA) is 22.1 Å². The second-order valence-electron chi connectivity index (χ2n) is 3.64. The molecule has 0 aliphatic rings. The van der Waals surface area contributed by atoms with Gasteiger partial charge in [0.25, 0.3) is 0 Å². The molecule has 0 spiro atoms. The number of halogens is 2. The molecule has 2 aromatic rings. The molecule has 1 aromatic heterocycles. The molecule has 0 fully saturated rings. The van der Waals surface area contributed by atoms with E-state index in [-0.39, 0.29) is 5.75 Å². The summed E-state index contributed by atoms with van der Waals surface area (Å²) in [4.78, 5) is 4.10. The fourth-order valence-corrected chi connectivity index (χ4v) is 2.03. The third-order valence-electron chi connectivity index (χ3n) is 2.24. The second-order valence-corrected chi connectivity index (χ2v) is 4.39. The maximum Gasteiger partial charge on any atom is 0.188 e. The number of pyridine rings is 1. The van der Waals surface area contributed by atoms with Crippen molar-refractivity contribution in [3.05, 3.63) is 58.1 Å². The maximum atomic E-state index is 13.6. The van der Waals surface area contributed by atoms with Crippen LogP contribution >= 0.6 is 15.9 Å². The van der Waals surface area contributed by atoms with Gasteiger partial charge in [0.15, 0.2) is 16.2 Å². The summed E-state index contributed by atoms with van der Waals surface area (Å²) in [5.41, 5.74) is 1.60. The first kappa shape index (κ1) is 12.0. The van der Waals surface area contributed by atoms with Gasteiger partial charge in [0.05, 0.1) is 0 Å². The molecule has 2 rings (SSSR count). The van der Waals surface area contributed by atoms with Gasteiger partial charge in [-0.15, -0.1) is 0 Å². The van der Waals surface area contributed by atoms with Gasteiger partial charge in [-0.3, -0.25) is 0 Å². The van der Waals surface area contributed by atoms with Crippen LogP contribution in [0.3, 0.4) is 0 Å². The molecule has 0 atom stereocenters. The van der Waals surface area contributed by atoms with Crippen LogP contribution in [-0.4, -0.2) is 4.98 Å². The zero-order valence-electron chi connectivity index (χ0n) is 9.28. The Morgan fingerprint density at radius 1 is 1.29 bits per heavy atom. The van der Waals surface area contributed by atoms with Crippen LogP contribution in [0, 0.1) is 12.7 Å². The minimum atomic E-state index is -0.402. The molecule has 0 bridgehead atoms. The van der Waals surface area contributed by atoms with Crippen molar-refractivity contribution in [1.29, 1.82) is 0 Å². The van der Waals surface area contributed by atoms with E-state index in [1.54, 1.807) is 6.92 Å². The van der Waals surface area contributed by atoms with Gasteiger partial charge in [-0.1, -0.05) is 30.3 Å². The number of aromatic nitrogens is 1. The summed E-state index contributed by atoms with van der Waals surface area (Å²) in [6, 6.07) is 11.0. The van der Waals surface area contributed by atoms with Gasteiger partial charge in [-0.2, -0.15) is 0 Å². The van der Waals surface area contributed by atoms with Crippen molar-refractivity contribution in [3.63, 3.8) is 0 Å². The first-order valence-electron chi connectivity index (χ1n) is 5.16. The molecule has 4 heteroatoms. The van der Waals surface area contributed by atoms with E-state index in [0.717, 1.165) is 5.56 Å². The molecule has 1 aromatic carbocycles. The second kappa shape index (κ2) is 5.27. The van der Waals surface area contributed by atoms with Crippen LogP contribution in [-0.2, 0) is 6.61 Å². The maximum absolute atomic E-state index is 13.6. The lowest BCUT2D eigenvalue weighted by Gasteiger charge is -2.09. The van der Waals surface area contributed by atoms with Crippen LogP contribution < -0.4 is 4.74 Å². The Bertz CT molecular complexity index is 493. The fourth-order valence-electron chi connectivity index (χ4n) is 1.44. The van der Waals surface area contributed by atoms with Crippen LogP contribution in [0.25, 0.3) is 0 Å². The van der Waals surface area contributed by atoms with Gasteiger partial charge in [0, 0.05) is 5.69 Å². The number of nitrogens with zero attached hydrogens (tertiary/aromatic N) is 1. The smallest absolute Gasteiger partial charge is 0.188 e. The molecule has 0 radical (unpaired) electrons. The SMILES string of the molecule is Cc1cc(F)c(OCc2ccccc2)c(Br)n1. The third-order valence-corrected chi connectivity index (χ3v) is 2.78. The molecule has 0 N–H and O–H groups in total. The highest BCUT2D eigenvalue weighted by Gasteiger charge is 2.10. The number of ether oxygens (including phenoxy) is 1. The van der Waals surface area contributed by atoms with Crippen molar-refractivity contribution in [2.75, 3.05) is 0 Å². The van der Waals surface area contributed by atoms with Crippen LogP contribution in [0.1, 0.15) is 11.3 Å². The minimum absolute atomic E-state index is 0.152. The minimum Gasteiger partial charge on any atom is -0.483 e. The van der Waals surface area contributed by atoms with Gasteiger partial charge in [-0.05, 0) is 34.5 Å². The zero-order chi connectivity index (χ0) is 12.3. The molecule has 0 unspecified atom stereocenters. The van der Waals surface area contributed by atoms with Crippen LogP contribution in [0.2, 0.25) is 0 Å². The molecule has 0 aliphatic heterocycles. The summed E-state index contributed by atoms with van der Waals surface area (Å²) in [6.07, 6.45) is 0. The van der Waals surface area contributed by atoms with E-state index in [2.05, 4.69) is 20.9 Å². The van der Waals surface area contributed by atoms with E-state index in [4.69, 9.17) is 4.74 Å². The lowest BCUT2D eigenvalue weighted by molar-refractivity contribution is 0.286. The predicted octanol–water partition coefficient (Wildman–Crippen LogP) is 3.87. The van der Waals surface area contributed by atoms with Crippen LogP contribution in [0.5, 0.6) is 5.75 Å². The van der Waals surface area contributed by atoms with E-state index in [0.29, 0.717) is 16.9 Å². The summed E-state index contributed by atoms with van der Waals surface area (Å²) in [5.74, 6) is -0.250. The summed E-state index contributed by atoms with van der Waals surface area (Å²) in [7, 11) is 0. The Labute approximate surface area is 108 Å². The highest BCUT2D eigenvalue weighted by atomic mass is 79.9. The van der Waals surface area contributed by atoms with Crippen molar-refractivity contribution in [3.8, 4) is 5.75 Å². The largest absolute Gasteiger partial charge is 0.483 e. The molecule has 0 saturated heterocycles. The monoisotopic (exact) mass is 295 g/mol. The molecular weight excluding hydrogens is 285 g/mol. The zero-order valence-corrected chi connectivity index (χ0v) is 10.9. The predicted molar refractivity (Wildman–Crippen MR) is 67.4 cm³/mol. The molecule has 17 heavy (non-hydrogen) atoms. The first-order chi connectivity index (χ1) is 8.16. The Morgan fingerprint density at radius 2 is 2.00 bits per heavy atom. The van der Waals surface area contributed by atoms with Crippen molar-refractivity contribution >= 4 is 15.9 Å².